The van der Waals surface area contributed by atoms with E-state index in [1.807, 2.05) is 0 Å². The first-order valence-electron chi connectivity index (χ1n) is 6.41. The second kappa shape index (κ2) is 9.66. The molecule has 0 fully saturated rings. The minimum Gasteiger partial charge on any atom is -0.335 e. The van der Waals surface area contributed by atoms with Crippen LogP contribution in [0.2, 0.25) is 0 Å². The molecule has 0 atom stereocenters. The van der Waals surface area contributed by atoms with Gasteiger partial charge in [0.15, 0.2) is 0 Å². The van der Waals surface area contributed by atoms with Gasteiger partial charge in [-0.1, -0.05) is 0 Å². The maximum Gasteiger partial charge on any atom is 0.365 e. The predicted octanol–water partition coefficient (Wildman–Crippen LogP) is 2.55. The summed E-state index contributed by atoms with van der Waals surface area (Å²) in [5.41, 5.74) is -1.49. The Hall–Kier alpha value is -0.230. The lowest BCUT2D eigenvalue weighted by molar-refractivity contribution is -0.109. The summed E-state index contributed by atoms with van der Waals surface area (Å²) < 4.78 is 45.8. The second-order valence-corrected chi connectivity index (χ2v) is 8.04. The highest BCUT2D eigenvalue weighted by molar-refractivity contribution is 7.72. The second-order valence-electron chi connectivity index (χ2n) is 3.41. The van der Waals surface area contributed by atoms with Gasteiger partial charge in [-0.05, 0) is 27.7 Å². The Morgan fingerprint density at radius 3 is 1.35 bits per heavy atom. The van der Waals surface area contributed by atoms with Crippen LogP contribution in [0, 0.1) is 0 Å². The predicted molar refractivity (Wildman–Crippen MR) is 74.7 cm³/mol. The van der Waals surface area contributed by atoms with Gasteiger partial charge >= 0.3 is 15.2 Å². The molecule has 0 heterocycles. The van der Waals surface area contributed by atoms with E-state index in [0.29, 0.717) is 0 Å². The molecule has 0 aliphatic heterocycles. The quantitative estimate of drug-likeness (QED) is 0.433. The molecule has 0 rings (SSSR count). The van der Waals surface area contributed by atoms with E-state index in [-0.39, 0.29) is 32.8 Å². The first-order chi connectivity index (χ1) is 9.44. The van der Waals surface area contributed by atoms with Gasteiger partial charge in [0.2, 0.25) is 11.9 Å². The number of carbonyl (C=O) groups excluding carboxylic acids is 1. The van der Waals surface area contributed by atoms with Crippen LogP contribution < -0.4 is 5.32 Å². The Balaban J connectivity index is 5.59. The van der Waals surface area contributed by atoms with Gasteiger partial charge in [0, 0.05) is 0 Å². The number of rotatable bonds is 12. The number of hydrogen-bond donors (Lipinski definition) is 1. The van der Waals surface area contributed by atoms with Crippen molar-refractivity contribution in [2.75, 3.05) is 26.4 Å². The van der Waals surface area contributed by atoms with Crippen molar-refractivity contribution in [2.24, 2.45) is 0 Å². The fourth-order valence-corrected chi connectivity index (χ4v) is 6.32. The van der Waals surface area contributed by atoms with Crippen molar-refractivity contribution in [3.05, 3.63) is 0 Å². The Kier molecular flexibility index (Phi) is 9.55. The fourth-order valence-electron chi connectivity index (χ4n) is 1.49. The lowest BCUT2D eigenvalue weighted by Crippen LogP contribution is -2.31. The van der Waals surface area contributed by atoms with E-state index in [9.17, 15) is 13.9 Å². The van der Waals surface area contributed by atoms with Crippen LogP contribution in [-0.4, -0.2) is 38.4 Å². The average Bonchev–Trinajstić information content (AvgIpc) is 2.36. The normalized spacial score (nSPS) is 12.7. The summed E-state index contributed by atoms with van der Waals surface area (Å²) in [6.45, 7) is 6.68. The van der Waals surface area contributed by atoms with Crippen LogP contribution in [0.1, 0.15) is 27.7 Å². The van der Waals surface area contributed by atoms with Gasteiger partial charge in [-0.15, -0.1) is 0 Å². The van der Waals surface area contributed by atoms with E-state index >= 15 is 0 Å². The Morgan fingerprint density at radius 2 is 1.15 bits per heavy atom. The number of nitrogens with one attached hydrogen (secondary N) is 1. The molecule has 8 nitrogen and oxygen atoms in total. The number of carbonyl (C=O) groups is 1. The van der Waals surface area contributed by atoms with Gasteiger partial charge in [-0.25, -0.2) is 0 Å². The van der Waals surface area contributed by atoms with Crippen LogP contribution in [0.4, 0.5) is 0 Å². The van der Waals surface area contributed by atoms with Crippen LogP contribution in [0.3, 0.4) is 0 Å². The van der Waals surface area contributed by atoms with E-state index in [0.717, 1.165) is 0 Å². The van der Waals surface area contributed by atoms with Gasteiger partial charge in [-0.3, -0.25) is 13.9 Å². The van der Waals surface area contributed by atoms with Crippen molar-refractivity contribution in [2.45, 2.75) is 33.2 Å². The van der Waals surface area contributed by atoms with E-state index < -0.39 is 20.7 Å². The van der Waals surface area contributed by atoms with Gasteiger partial charge in [0.05, 0.1) is 26.4 Å². The zero-order valence-electron chi connectivity index (χ0n) is 12.2. The molecule has 0 saturated carbocycles. The molecule has 10 heteroatoms. The molecule has 0 aromatic carbocycles. The SMILES string of the molecule is CCOP(=O)(OCC)C(NC=O)P(=O)(OCC)OCC. The smallest absolute Gasteiger partial charge is 0.335 e. The van der Waals surface area contributed by atoms with Crippen LogP contribution in [0.15, 0.2) is 0 Å². The summed E-state index contributed by atoms with van der Waals surface area (Å²) in [5, 5.41) is 2.20. The number of amides is 1. The molecule has 1 N–H and O–H groups in total. The van der Waals surface area contributed by atoms with E-state index in [1.165, 1.54) is 0 Å². The summed E-state index contributed by atoms with van der Waals surface area (Å²) >= 11 is 0. The summed E-state index contributed by atoms with van der Waals surface area (Å²) in [5.74, 6) is 0. The molecule has 0 aliphatic carbocycles. The highest BCUT2D eigenvalue weighted by Crippen LogP contribution is 2.68. The van der Waals surface area contributed by atoms with Crippen molar-refractivity contribution < 1.29 is 32.0 Å². The topological polar surface area (TPSA) is 100 Å². The largest absolute Gasteiger partial charge is 0.365 e. The highest BCUT2D eigenvalue weighted by atomic mass is 31.2. The minimum atomic E-state index is -3.88. The molecule has 0 unspecified atom stereocenters. The van der Waals surface area contributed by atoms with Crippen molar-refractivity contribution in [1.82, 2.24) is 5.32 Å². The molecule has 0 aliphatic rings. The van der Waals surface area contributed by atoms with Gasteiger partial charge in [-0.2, -0.15) is 0 Å². The van der Waals surface area contributed by atoms with Gasteiger partial charge < -0.3 is 23.4 Å². The zero-order valence-corrected chi connectivity index (χ0v) is 14.0. The summed E-state index contributed by atoms with van der Waals surface area (Å²) in [7, 11) is -7.76. The van der Waals surface area contributed by atoms with Crippen molar-refractivity contribution in [3.8, 4) is 0 Å². The monoisotopic (exact) mass is 331 g/mol. The first-order valence-corrected chi connectivity index (χ1v) is 9.63. The molecular formula is C10H23NO7P2. The molecule has 0 spiro atoms. The summed E-state index contributed by atoms with van der Waals surface area (Å²) in [4.78, 5) is 10.8. The van der Waals surface area contributed by atoms with Crippen molar-refractivity contribution >= 4 is 21.6 Å². The Bertz CT molecular complexity index is 327. The van der Waals surface area contributed by atoms with Crippen LogP contribution in [0.5, 0.6) is 0 Å². The average molecular weight is 331 g/mol. The minimum absolute atomic E-state index is 0.0621. The third-order valence-electron chi connectivity index (χ3n) is 2.05. The van der Waals surface area contributed by atoms with E-state index in [1.54, 1.807) is 27.7 Å². The molecule has 0 aromatic rings. The number of hydrogen-bond acceptors (Lipinski definition) is 7. The maximum absolute atomic E-state index is 12.7. The fraction of sp³-hybridized carbons (Fsp3) is 0.900. The molecule has 20 heavy (non-hydrogen) atoms. The van der Waals surface area contributed by atoms with E-state index in [2.05, 4.69) is 5.32 Å². The molecular weight excluding hydrogens is 308 g/mol. The van der Waals surface area contributed by atoms with Gasteiger partial charge in [0.1, 0.15) is 0 Å². The molecule has 0 aromatic heterocycles. The van der Waals surface area contributed by atoms with Crippen molar-refractivity contribution in [1.29, 1.82) is 0 Å². The van der Waals surface area contributed by atoms with E-state index in [4.69, 9.17) is 18.1 Å². The summed E-state index contributed by atoms with van der Waals surface area (Å²) in [6, 6.07) is 0. The molecule has 120 valence electrons. The summed E-state index contributed by atoms with van der Waals surface area (Å²) in [6.07, 6.45) is 0.264. The first kappa shape index (κ1) is 19.8. The Morgan fingerprint density at radius 1 is 0.850 bits per heavy atom. The lowest BCUT2D eigenvalue weighted by atomic mass is 10.9. The lowest BCUT2D eigenvalue weighted by Gasteiger charge is -2.30. The molecule has 0 bridgehead atoms. The zero-order chi connectivity index (χ0) is 15.6. The van der Waals surface area contributed by atoms with Crippen LogP contribution in [0.25, 0.3) is 0 Å². The molecule has 0 radical (unpaired) electrons. The third kappa shape index (κ3) is 5.28. The molecule has 0 saturated heterocycles. The molecule has 1 amide bonds. The van der Waals surface area contributed by atoms with Crippen molar-refractivity contribution in [3.63, 3.8) is 0 Å². The van der Waals surface area contributed by atoms with Crippen LogP contribution >= 0.6 is 15.2 Å². The van der Waals surface area contributed by atoms with Gasteiger partial charge in [0.25, 0.3) is 0 Å². The maximum atomic E-state index is 12.7. The third-order valence-corrected chi connectivity index (χ3v) is 7.72. The highest BCUT2D eigenvalue weighted by Gasteiger charge is 2.51. The van der Waals surface area contributed by atoms with Crippen LogP contribution in [-0.2, 0) is 32.0 Å². The Labute approximate surface area is 119 Å². The standard InChI is InChI=1S/C10H23NO7P2/c1-5-15-19(13,16-6-2)10(11-9-12)20(14,17-7-3)18-8-4/h9-10H,5-8H2,1-4H3,(H,11,12).